The normalized spacial score (nSPS) is 14.5. The van der Waals surface area contributed by atoms with E-state index < -0.39 is 6.23 Å². The summed E-state index contributed by atoms with van der Waals surface area (Å²) in [5.74, 6) is 0. The number of aliphatic hydroxyl groups excluding tert-OH is 1. The van der Waals surface area contributed by atoms with Crippen molar-refractivity contribution in [3.05, 3.63) is 0 Å². The van der Waals surface area contributed by atoms with E-state index in [4.69, 9.17) is 5.11 Å². The van der Waals surface area contributed by atoms with Gasteiger partial charge in [0.2, 0.25) is 0 Å². The molecule has 1 N–H and O–H groups in total. The minimum atomic E-state index is -0.766. The van der Waals surface area contributed by atoms with E-state index in [1.807, 2.05) is 20.8 Å². The minimum absolute atomic E-state index is 0.351. The monoisotopic (exact) mass is 144 g/mol. The molecular formula is C7H14NO2. The van der Waals surface area contributed by atoms with E-state index in [1.54, 1.807) is 6.41 Å². The number of aliphatic hydroxyl groups is 1. The summed E-state index contributed by atoms with van der Waals surface area (Å²) in [6.45, 7) is 7.05. The van der Waals surface area contributed by atoms with Crippen molar-refractivity contribution in [2.24, 2.45) is 0 Å². The summed E-state index contributed by atoms with van der Waals surface area (Å²) in [4.78, 5) is 11.5. The summed E-state index contributed by atoms with van der Waals surface area (Å²) < 4.78 is 0. The van der Waals surface area contributed by atoms with Crippen molar-refractivity contribution in [2.75, 3.05) is 0 Å². The van der Waals surface area contributed by atoms with Crippen LogP contribution in [0.2, 0.25) is 0 Å². The molecule has 1 radical (unpaired) electrons. The largest absolute Gasteiger partial charge is 0.374 e. The van der Waals surface area contributed by atoms with Gasteiger partial charge in [0.1, 0.15) is 6.23 Å². The lowest BCUT2D eigenvalue weighted by molar-refractivity contribution is 0.0162. The molecule has 1 atom stereocenters. The Hall–Kier alpha value is -0.570. The highest BCUT2D eigenvalue weighted by Gasteiger charge is 2.23. The van der Waals surface area contributed by atoms with Crippen LogP contribution in [0.25, 0.3) is 0 Å². The third kappa shape index (κ3) is 2.35. The van der Waals surface area contributed by atoms with Crippen LogP contribution in [0.3, 0.4) is 0 Å². The van der Waals surface area contributed by atoms with Gasteiger partial charge in [0.25, 0.3) is 0 Å². The average molecular weight is 144 g/mol. The molecule has 3 nitrogen and oxygen atoms in total. The summed E-state index contributed by atoms with van der Waals surface area (Å²) in [6.07, 6.45) is 0.909. The SMILES string of the molecule is CC(O)N([C]=O)C(C)(C)C. The Balaban J connectivity index is 4.21. The van der Waals surface area contributed by atoms with E-state index in [0.29, 0.717) is 0 Å². The maximum Gasteiger partial charge on any atom is 0.314 e. The van der Waals surface area contributed by atoms with Gasteiger partial charge in [-0.2, -0.15) is 0 Å². The average Bonchev–Trinajstić information content (AvgIpc) is 1.60. The lowest BCUT2D eigenvalue weighted by Crippen LogP contribution is -2.45. The zero-order valence-electron chi connectivity index (χ0n) is 6.88. The van der Waals surface area contributed by atoms with Crippen LogP contribution in [-0.4, -0.2) is 28.2 Å². The Morgan fingerprint density at radius 1 is 1.50 bits per heavy atom. The van der Waals surface area contributed by atoms with Crippen molar-refractivity contribution in [1.29, 1.82) is 0 Å². The molecule has 59 valence electrons. The van der Waals surface area contributed by atoms with E-state index >= 15 is 0 Å². The van der Waals surface area contributed by atoms with Gasteiger partial charge in [0.05, 0.1) is 0 Å². The first-order chi connectivity index (χ1) is 4.39. The highest BCUT2D eigenvalue weighted by atomic mass is 16.3. The van der Waals surface area contributed by atoms with Gasteiger partial charge < -0.3 is 10.0 Å². The van der Waals surface area contributed by atoms with E-state index in [9.17, 15) is 4.79 Å². The van der Waals surface area contributed by atoms with Crippen molar-refractivity contribution < 1.29 is 9.90 Å². The molecule has 0 fully saturated rings. The molecule has 0 rings (SSSR count). The molecule has 10 heavy (non-hydrogen) atoms. The van der Waals surface area contributed by atoms with Crippen molar-refractivity contribution in [2.45, 2.75) is 39.5 Å². The molecule has 0 saturated carbocycles. The van der Waals surface area contributed by atoms with Gasteiger partial charge in [-0.15, -0.1) is 0 Å². The molecule has 0 aromatic rings. The Kier molecular flexibility index (Phi) is 2.84. The smallest absolute Gasteiger partial charge is 0.314 e. The van der Waals surface area contributed by atoms with Crippen LogP contribution < -0.4 is 0 Å². The standard InChI is InChI=1S/C7H14NO2/c1-6(10)8(5-9)7(2,3)4/h6,10H,1-4H3. The molecule has 1 amide bonds. The number of nitrogens with zero attached hydrogens (tertiary/aromatic N) is 1. The Labute approximate surface area is 61.6 Å². The Morgan fingerprint density at radius 2 is 1.90 bits per heavy atom. The second-order valence-corrected chi connectivity index (χ2v) is 3.26. The molecule has 0 bridgehead atoms. The van der Waals surface area contributed by atoms with Crippen LogP contribution in [0.15, 0.2) is 0 Å². The second kappa shape index (κ2) is 3.01. The third-order valence-electron chi connectivity index (χ3n) is 1.19. The van der Waals surface area contributed by atoms with Crippen LogP contribution in [0.5, 0.6) is 0 Å². The molecule has 0 aromatic heterocycles. The van der Waals surface area contributed by atoms with E-state index in [2.05, 4.69) is 0 Å². The van der Waals surface area contributed by atoms with Gasteiger partial charge in [-0.25, -0.2) is 0 Å². The fourth-order valence-corrected chi connectivity index (χ4v) is 0.774. The van der Waals surface area contributed by atoms with Crippen LogP contribution in [0.4, 0.5) is 0 Å². The first-order valence-corrected chi connectivity index (χ1v) is 3.25. The predicted octanol–water partition coefficient (Wildman–Crippen LogP) is 0.492. The predicted molar refractivity (Wildman–Crippen MR) is 39.0 cm³/mol. The van der Waals surface area contributed by atoms with Crippen LogP contribution in [0, 0.1) is 0 Å². The maximum absolute atomic E-state index is 10.2. The van der Waals surface area contributed by atoms with Crippen molar-refractivity contribution in [3.8, 4) is 0 Å². The highest BCUT2D eigenvalue weighted by Crippen LogP contribution is 2.12. The summed E-state index contributed by atoms with van der Waals surface area (Å²) in [6, 6.07) is 0. The van der Waals surface area contributed by atoms with Gasteiger partial charge >= 0.3 is 6.41 Å². The molecule has 0 saturated heterocycles. The Morgan fingerprint density at radius 3 is 1.90 bits per heavy atom. The molecule has 0 aromatic carbocycles. The number of amides is 1. The molecule has 0 aliphatic rings. The number of hydrogen-bond acceptors (Lipinski definition) is 2. The fourth-order valence-electron chi connectivity index (χ4n) is 0.774. The van der Waals surface area contributed by atoms with E-state index in [0.717, 1.165) is 0 Å². The van der Waals surface area contributed by atoms with E-state index in [-0.39, 0.29) is 5.54 Å². The molecule has 0 aliphatic carbocycles. The molecule has 0 heterocycles. The third-order valence-corrected chi connectivity index (χ3v) is 1.19. The Bertz CT molecular complexity index is 115. The molecule has 0 spiro atoms. The minimum Gasteiger partial charge on any atom is -0.374 e. The lowest BCUT2D eigenvalue weighted by atomic mass is 10.1. The van der Waals surface area contributed by atoms with Gasteiger partial charge in [0.15, 0.2) is 0 Å². The van der Waals surface area contributed by atoms with Crippen LogP contribution >= 0.6 is 0 Å². The van der Waals surface area contributed by atoms with Crippen molar-refractivity contribution in [3.63, 3.8) is 0 Å². The van der Waals surface area contributed by atoms with Gasteiger partial charge in [-0.1, -0.05) is 0 Å². The summed E-state index contributed by atoms with van der Waals surface area (Å²) >= 11 is 0. The molecular weight excluding hydrogens is 130 g/mol. The first kappa shape index (κ1) is 9.43. The zero-order valence-corrected chi connectivity index (χ0v) is 6.88. The van der Waals surface area contributed by atoms with Crippen molar-refractivity contribution >= 4 is 6.41 Å². The quantitative estimate of drug-likeness (QED) is 0.452. The van der Waals surface area contributed by atoms with Gasteiger partial charge in [-0.3, -0.25) is 4.79 Å². The summed E-state index contributed by atoms with van der Waals surface area (Å²) in [5.41, 5.74) is -0.351. The van der Waals surface area contributed by atoms with Crippen LogP contribution in [0.1, 0.15) is 27.7 Å². The van der Waals surface area contributed by atoms with Crippen LogP contribution in [-0.2, 0) is 4.79 Å². The number of rotatable bonds is 2. The number of carbonyl (C=O) groups excluding carboxylic acids is 1. The lowest BCUT2D eigenvalue weighted by Gasteiger charge is -2.33. The molecule has 3 heteroatoms. The zero-order chi connectivity index (χ0) is 8.36. The van der Waals surface area contributed by atoms with E-state index in [1.165, 1.54) is 11.8 Å². The van der Waals surface area contributed by atoms with Gasteiger partial charge in [0, 0.05) is 5.54 Å². The summed E-state index contributed by atoms with van der Waals surface area (Å²) in [5, 5.41) is 9.01. The number of hydrogen-bond donors (Lipinski definition) is 1. The van der Waals surface area contributed by atoms with Gasteiger partial charge in [-0.05, 0) is 27.7 Å². The highest BCUT2D eigenvalue weighted by molar-refractivity contribution is 5.49. The molecule has 1 unspecified atom stereocenters. The van der Waals surface area contributed by atoms with Crippen molar-refractivity contribution in [1.82, 2.24) is 4.90 Å². The fraction of sp³-hybridized carbons (Fsp3) is 0.857. The maximum atomic E-state index is 10.2. The topological polar surface area (TPSA) is 40.5 Å². The summed E-state index contributed by atoms with van der Waals surface area (Å²) in [7, 11) is 0. The first-order valence-electron chi connectivity index (χ1n) is 3.25. The molecule has 0 aliphatic heterocycles. The second-order valence-electron chi connectivity index (χ2n) is 3.26.